The highest BCUT2D eigenvalue weighted by atomic mass is 35.6. The molecule has 0 unspecified atom stereocenters. The number of carbonyl (C=O) groups excluding carboxylic acids is 1. The molecule has 1 aliphatic rings. The van der Waals surface area contributed by atoms with E-state index in [4.69, 9.17) is 67.5 Å². The quantitative estimate of drug-likeness (QED) is 0.189. The lowest BCUT2D eigenvalue weighted by atomic mass is 9.98. The van der Waals surface area contributed by atoms with E-state index in [2.05, 4.69) is 10.3 Å². The molecule has 0 radical (unpaired) electrons. The molecular formula is C30H26Cl5N3O4. The van der Waals surface area contributed by atoms with Crippen molar-refractivity contribution in [2.24, 2.45) is 0 Å². The number of ether oxygens (including phenoxy) is 2. The van der Waals surface area contributed by atoms with Gasteiger partial charge in [-0.25, -0.2) is 4.98 Å². The van der Waals surface area contributed by atoms with E-state index in [0.717, 1.165) is 33.4 Å². The summed E-state index contributed by atoms with van der Waals surface area (Å²) in [6.07, 6.45) is 0.960. The summed E-state index contributed by atoms with van der Waals surface area (Å²) in [5.41, 5.74) is 5.33. The largest absolute Gasteiger partial charge is 0.392 e. The molecule has 1 amide bonds. The second-order valence-electron chi connectivity index (χ2n) is 9.83. The van der Waals surface area contributed by atoms with Crippen LogP contribution in [0.3, 0.4) is 0 Å². The predicted octanol–water partition coefficient (Wildman–Crippen LogP) is 7.58. The fourth-order valence-electron chi connectivity index (χ4n) is 4.73. The summed E-state index contributed by atoms with van der Waals surface area (Å²) in [6.45, 7) is 0.604. The monoisotopic (exact) mass is 667 g/mol. The number of carbonyl (C=O) groups is 1. The van der Waals surface area contributed by atoms with Crippen molar-refractivity contribution in [2.45, 2.75) is 48.4 Å². The van der Waals surface area contributed by atoms with E-state index in [1.165, 1.54) is 0 Å². The van der Waals surface area contributed by atoms with Gasteiger partial charge in [-0.1, -0.05) is 119 Å². The Morgan fingerprint density at radius 3 is 2.33 bits per heavy atom. The van der Waals surface area contributed by atoms with Crippen molar-refractivity contribution in [3.8, 4) is 11.1 Å². The van der Waals surface area contributed by atoms with E-state index in [1.807, 2.05) is 72.8 Å². The van der Waals surface area contributed by atoms with Gasteiger partial charge in [0.2, 0.25) is 0 Å². The fourth-order valence-corrected chi connectivity index (χ4v) is 5.24. The van der Waals surface area contributed by atoms with Gasteiger partial charge < -0.3 is 24.5 Å². The SMILES string of the molecule is O=C(NCc1cccc(-c2cccc([C@H]3O[C@@H](Cn4cnc(Cl)c4Cl)C[C@@H](c4ccc(CO)cc4)O3)c2)c1)C(Cl)(Cl)Cl. The smallest absolute Gasteiger partial charge is 0.272 e. The number of hydrogen-bond acceptors (Lipinski definition) is 5. The molecule has 0 aliphatic carbocycles. The lowest BCUT2D eigenvalue weighted by Gasteiger charge is -2.36. The van der Waals surface area contributed by atoms with Crippen LogP contribution in [-0.2, 0) is 34.0 Å². The molecule has 2 N–H and O–H groups in total. The number of aliphatic hydroxyl groups excluding tert-OH is 1. The number of benzene rings is 3. The van der Waals surface area contributed by atoms with Crippen molar-refractivity contribution in [2.75, 3.05) is 0 Å². The Labute approximate surface area is 268 Å². The van der Waals surface area contributed by atoms with Crippen LogP contribution in [-0.4, -0.2) is 30.5 Å². The molecule has 4 aromatic rings. The Bertz CT molecular complexity index is 1540. The number of imidazole rings is 1. The van der Waals surface area contributed by atoms with Crippen LogP contribution in [0.15, 0.2) is 79.1 Å². The molecule has 1 aromatic heterocycles. The normalized spacial score (nSPS) is 19.0. The van der Waals surface area contributed by atoms with Crippen molar-refractivity contribution >= 4 is 63.9 Å². The molecule has 1 aliphatic heterocycles. The summed E-state index contributed by atoms with van der Waals surface area (Å²) in [7, 11) is 0. The number of aliphatic hydroxyl groups is 1. The molecule has 7 nitrogen and oxygen atoms in total. The first-order valence-electron chi connectivity index (χ1n) is 13.0. The van der Waals surface area contributed by atoms with Crippen LogP contribution in [0.2, 0.25) is 10.3 Å². The summed E-state index contributed by atoms with van der Waals surface area (Å²) < 4.78 is 12.7. The van der Waals surface area contributed by atoms with Gasteiger partial charge in [-0.3, -0.25) is 4.79 Å². The van der Waals surface area contributed by atoms with Crippen LogP contribution in [0.5, 0.6) is 0 Å². The van der Waals surface area contributed by atoms with E-state index >= 15 is 0 Å². The number of nitrogens with one attached hydrogen (secondary N) is 1. The van der Waals surface area contributed by atoms with E-state index in [1.54, 1.807) is 10.9 Å². The zero-order valence-corrected chi connectivity index (χ0v) is 25.8. The van der Waals surface area contributed by atoms with Gasteiger partial charge in [0, 0.05) is 18.5 Å². The van der Waals surface area contributed by atoms with Gasteiger partial charge in [0.05, 0.1) is 31.7 Å². The average Bonchev–Trinajstić information content (AvgIpc) is 3.31. The predicted molar refractivity (Wildman–Crippen MR) is 165 cm³/mol. The van der Waals surface area contributed by atoms with E-state index in [0.29, 0.717) is 18.1 Å². The van der Waals surface area contributed by atoms with Gasteiger partial charge in [0.1, 0.15) is 5.15 Å². The molecule has 220 valence electrons. The molecule has 0 bridgehead atoms. The van der Waals surface area contributed by atoms with Crippen molar-refractivity contribution in [1.82, 2.24) is 14.9 Å². The van der Waals surface area contributed by atoms with Gasteiger partial charge in [-0.15, -0.1) is 0 Å². The highest BCUT2D eigenvalue weighted by Crippen LogP contribution is 2.39. The summed E-state index contributed by atoms with van der Waals surface area (Å²) >= 11 is 29.4. The van der Waals surface area contributed by atoms with Crippen LogP contribution in [0.1, 0.15) is 41.1 Å². The summed E-state index contributed by atoms with van der Waals surface area (Å²) in [5.74, 6) is -0.694. The Hall–Kier alpha value is -2.33. The molecule has 12 heteroatoms. The van der Waals surface area contributed by atoms with Gasteiger partial charge in [-0.2, -0.15) is 0 Å². The van der Waals surface area contributed by atoms with Crippen LogP contribution in [0.25, 0.3) is 11.1 Å². The van der Waals surface area contributed by atoms with Crippen molar-refractivity contribution in [3.63, 3.8) is 0 Å². The number of amides is 1. The maximum absolute atomic E-state index is 12.0. The molecule has 0 spiro atoms. The highest BCUT2D eigenvalue weighted by molar-refractivity contribution is 6.76. The summed E-state index contributed by atoms with van der Waals surface area (Å²) in [6, 6.07) is 23.3. The fraction of sp³-hybridized carbons (Fsp3) is 0.267. The average molecular weight is 670 g/mol. The maximum atomic E-state index is 12.0. The number of nitrogens with zero attached hydrogens (tertiary/aromatic N) is 2. The number of hydrogen-bond donors (Lipinski definition) is 2. The lowest BCUT2D eigenvalue weighted by Crippen LogP contribution is -2.33. The Balaban J connectivity index is 1.39. The molecule has 42 heavy (non-hydrogen) atoms. The number of aromatic nitrogens is 2. The second-order valence-corrected chi connectivity index (χ2v) is 12.8. The molecular weight excluding hydrogens is 644 g/mol. The Kier molecular flexibility index (Phi) is 10.0. The maximum Gasteiger partial charge on any atom is 0.272 e. The van der Waals surface area contributed by atoms with Gasteiger partial charge in [0.15, 0.2) is 11.4 Å². The molecule has 1 saturated heterocycles. The van der Waals surface area contributed by atoms with Gasteiger partial charge in [0.25, 0.3) is 9.70 Å². The highest BCUT2D eigenvalue weighted by Gasteiger charge is 2.33. The molecule has 5 rings (SSSR count). The Morgan fingerprint density at radius 1 is 0.952 bits per heavy atom. The Morgan fingerprint density at radius 2 is 1.67 bits per heavy atom. The molecule has 3 atom stereocenters. The van der Waals surface area contributed by atoms with E-state index < -0.39 is 16.0 Å². The lowest BCUT2D eigenvalue weighted by molar-refractivity contribution is -0.252. The zero-order valence-electron chi connectivity index (χ0n) is 22.0. The first-order valence-corrected chi connectivity index (χ1v) is 14.9. The van der Waals surface area contributed by atoms with Crippen LogP contribution < -0.4 is 5.32 Å². The first kappa shape index (κ1) is 31.1. The minimum atomic E-state index is -2.03. The third-order valence-corrected chi connectivity index (χ3v) is 8.16. The second kappa shape index (κ2) is 13.5. The van der Waals surface area contributed by atoms with Crippen LogP contribution >= 0.6 is 58.0 Å². The van der Waals surface area contributed by atoms with Crippen molar-refractivity contribution < 1.29 is 19.4 Å². The van der Waals surface area contributed by atoms with E-state index in [9.17, 15) is 9.90 Å². The van der Waals surface area contributed by atoms with Crippen LogP contribution in [0.4, 0.5) is 0 Å². The third-order valence-electron chi connectivity index (χ3n) is 6.88. The van der Waals surface area contributed by atoms with Crippen molar-refractivity contribution in [3.05, 3.63) is 112 Å². The molecule has 2 heterocycles. The topological polar surface area (TPSA) is 85.6 Å². The number of halogens is 5. The first-order chi connectivity index (χ1) is 20.1. The number of alkyl halides is 3. The standard InChI is InChI=1S/C30H26Cl5N3O4/c31-26-27(32)38(17-37-26)15-24-13-25(20-9-7-18(16-39)8-10-20)42-28(41-24)23-6-2-5-22(12-23)21-4-1-3-19(11-21)14-36-29(40)30(33,34)35/h1-12,17,24-25,28,39H,13-16H2,(H,36,40)/t24-,25+,28+/m1/s1. The van der Waals surface area contributed by atoms with E-state index in [-0.39, 0.29) is 30.5 Å². The van der Waals surface area contributed by atoms with Crippen molar-refractivity contribution in [1.29, 1.82) is 0 Å². The minimum Gasteiger partial charge on any atom is -0.392 e. The molecule has 3 aromatic carbocycles. The summed E-state index contributed by atoms with van der Waals surface area (Å²) in [4.78, 5) is 16.1. The van der Waals surface area contributed by atoms with Gasteiger partial charge in [-0.05, 0) is 39.9 Å². The molecule has 1 fully saturated rings. The van der Waals surface area contributed by atoms with Gasteiger partial charge >= 0.3 is 0 Å². The number of rotatable bonds is 8. The summed E-state index contributed by atoms with van der Waals surface area (Å²) in [5, 5.41) is 12.7. The zero-order chi connectivity index (χ0) is 29.9. The molecule has 0 saturated carbocycles. The third kappa shape index (κ3) is 7.59. The van der Waals surface area contributed by atoms with Crippen LogP contribution in [0, 0.1) is 0 Å². The minimum absolute atomic E-state index is 0.0344.